The Morgan fingerprint density at radius 1 is 1.21 bits per heavy atom. The molecule has 0 aliphatic heterocycles. The van der Waals surface area contributed by atoms with Crippen molar-refractivity contribution in [1.82, 2.24) is 9.97 Å². The Labute approximate surface area is 143 Å². The van der Waals surface area contributed by atoms with Crippen LogP contribution in [-0.4, -0.2) is 15.8 Å². The number of carbonyl (C=O) groups excluding carboxylic acids is 1. The van der Waals surface area contributed by atoms with Crippen molar-refractivity contribution >= 4 is 34.4 Å². The molecular weight excluding hydrogens is 324 g/mol. The summed E-state index contributed by atoms with van der Waals surface area (Å²) in [5.74, 6) is -0.343. The molecule has 5 heteroatoms. The molecule has 2 aromatic heterocycles. The van der Waals surface area contributed by atoms with Crippen molar-refractivity contribution in [2.75, 3.05) is 0 Å². The normalized spacial score (nSPS) is 11.3. The fourth-order valence-electron chi connectivity index (χ4n) is 2.56. The lowest BCUT2D eigenvalue weighted by molar-refractivity contribution is 0.104. The maximum atomic E-state index is 12.5. The zero-order valence-corrected chi connectivity index (χ0v) is 14.0. The molecule has 3 rings (SSSR count). The average Bonchev–Trinajstić information content (AvgIpc) is 2.55. The average molecular weight is 339 g/mol. The number of aryl methyl sites for hydroxylation is 2. The van der Waals surface area contributed by atoms with E-state index in [4.69, 9.17) is 11.6 Å². The quantitative estimate of drug-likeness (QED) is 0.444. The number of carbonyl (C=O) groups is 1. The Hall–Kier alpha value is -2.72. The molecule has 0 radical (unpaired) electrons. The molecule has 0 unspecified atom stereocenters. The van der Waals surface area contributed by atoms with Crippen LogP contribution in [0.5, 0.6) is 0 Å². The van der Waals surface area contributed by atoms with Crippen molar-refractivity contribution in [2.24, 2.45) is 0 Å². The molecule has 2 heterocycles. The molecule has 0 spiro atoms. The number of aromatic nitrogens is 2. The van der Waals surface area contributed by atoms with Crippen molar-refractivity contribution in [3.8, 4) is 0 Å². The summed E-state index contributed by atoms with van der Waals surface area (Å²) in [6.45, 7) is 3.73. The predicted octanol–water partition coefficient (Wildman–Crippen LogP) is 4.09. The standard InChI is InChI=1S/C19H15ClN2O2/c1-11-3-5-13(6-4-11)7-8-16(23)18-12(2)14-9-17(20)21-10-15(14)22-19(18)24/h3-10H,1-2H3,(H,22,24). The highest BCUT2D eigenvalue weighted by molar-refractivity contribution is 6.30. The molecule has 0 amide bonds. The summed E-state index contributed by atoms with van der Waals surface area (Å²) in [6, 6.07) is 9.41. The first-order valence-corrected chi connectivity index (χ1v) is 7.81. The maximum Gasteiger partial charge on any atom is 0.259 e. The van der Waals surface area contributed by atoms with E-state index in [1.165, 1.54) is 12.3 Å². The molecule has 120 valence electrons. The minimum atomic E-state index is -0.428. The Morgan fingerprint density at radius 2 is 1.92 bits per heavy atom. The monoisotopic (exact) mass is 338 g/mol. The van der Waals surface area contributed by atoms with Gasteiger partial charge in [0.05, 0.1) is 17.3 Å². The van der Waals surface area contributed by atoms with Gasteiger partial charge in [-0.2, -0.15) is 0 Å². The van der Waals surface area contributed by atoms with Gasteiger partial charge in [0.15, 0.2) is 5.78 Å². The van der Waals surface area contributed by atoms with Gasteiger partial charge in [-0.25, -0.2) is 4.98 Å². The molecule has 0 aliphatic carbocycles. The van der Waals surface area contributed by atoms with Crippen LogP contribution in [0.4, 0.5) is 0 Å². The minimum Gasteiger partial charge on any atom is -0.320 e. The van der Waals surface area contributed by atoms with Crippen LogP contribution in [-0.2, 0) is 0 Å². The van der Waals surface area contributed by atoms with E-state index in [1.54, 1.807) is 19.1 Å². The van der Waals surface area contributed by atoms with Crippen LogP contribution in [0.15, 0.2) is 47.4 Å². The zero-order chi connectivity index (χ0) is 17.3. The molecule has 0 fully saturated rings. The first-order chi connectivity index (χ1) is 11.5. The lowest BCUT2D eigenvalue weighted by Crippen LogP contribution is -2.19. The molecular formula is C19H15ClN2O2. The van der Waals surface area contributed by atoms with E-state index < -0.39 is 5.56 Å². The predicted molar refractivity (Wildman–Crippen MR) is 96.7 cm³/mol. The molecule has 0 bridgehead atoms. The van der Waals surface area contributed by atoms with Gasteiger partial charge >= 0.3 is 0 Å². The number of H-pyrrole nitrogens is 1. The largest absolute Gasteiger partial charge is 0.320 e. The van der Waals surface area contributed by atoms with Gasteiger partial charge in [0, 0.05) is 5.39 Å². The number of ketones is 1. The van der Waals surface area contributed by atoms with Gasteiger partial charge in [0.1, 0.15) is 5.15 Å². The first-order valence-electron chi connectivity index (χ1n) is 7.43. The van der Waals surface area contributed by atoms with Crippen LogP contribution < -0.4 is 5.56 Å². The van der Waals surface area contributed by atoms with E-state index in [9.17, 15) is 9.59 Å². The van der Waals surface area contributed by atoms with E-state index in [0.29, 0.717) is 21.6 Å². The van der Waals surface area contributed by atoms with Gasteiger partial charge < -0.3 is 4.98 Å². The number of fused-ring (bicyclic) bond motifs is 1. The van der Waals surface area contributed by atoms with Crippen LogP contribution in [0, 0.1) is 13.8 Å². The third-order valence-corrected chi connectivity index (χ3v) is 4.08. The fraction of sp³-hybridized carbons (Fsp3) is 0.105. The number of pyridine rings is 2. The fourth-order valence-corrected chi connectivity index (χ4v) is 2.72. The van der Waals surface area contributed by atoms with Gasteiger partial charge in [-0.3, -0.25) is 9.59 Å². The highest BCUT2D eigenvalue weighted by Crippen LogP contribution is 2.20. The number of hydrogen-bond donors (Lipinski definition) is 1. The van der Waals surface area contributed by atoms with Crippen molar-refractivity contribution in [2.45, 2.75) is 13.8 Å². The van der Waals surface area contributed by atoms with E-state index >= 15 is 0 Å². The Balaban J connectivity index is 2.03. The van der Waals surface area contributed by atoms with E-state index in [1.807, 2.05) is 31.2 Å². The molecule has 1 N–H and O–H groups in total. The summed E-state index contributed by atoms with van der Waals surface area (Å²) in [5, 5.41) is 1.02. The van der Waals surface area contributed by atoms with E-state index in [2.05, 4.69) is 9.97 Å². The number of nitrogens with one attached hydrogen (secondary N) is 1. The molecule has 1 aromatic carbocycles. The Kier molecular flexibility index (Phi) is 4.32. The van der Waals surface area contributed by atoms with Crippen LogP contribution in [0.1, 0.15) is 27.0 Å². The van der Waals surface area contributed by atoms with Crippen LogP contribution >= 0.6 is 11.6 Å². The minimum absolute atomic E-state index is 0.119. The van der Waals surface area contributed by atoms with E-state index in [0.717, 1.165) is 11.1 Å². The second-order valence-corrected chi connectivity index (χ2v) is 6.00. The number of halogens is 1. The van der Waals surface area contributed by atoms with Crippen molar-refractivity contribution < 1.29 is 4.79 Å². The number of aromatic amines is 1. The number of hydrogen-bond acceptors (Lipinski definition) is 3. The molecule has 3 aromatic rings. The molecule has 0 saturated carbocycles. The van der Waals surface area contributed by atoms with Crippen LogP contribution in [0.2, 0.25) is 5.15 Å². The van der Waals surface area contributed by atoms with Crippen molar-refractivity contribution in [1.29, 1.82) is 0 Å². The number of nitrogens with zero attached hydrogens (tertiary/aromatic N) is 1. The number of rotatable bonds is 3. The summed E-state index contributed by atoms with van der Waals surface area (Å²) >= 11 is 5.91. The zero-order valence-electron chi connectivity index (χ0n) is 13.3. The summed E-state index contributed by atoms with van der Waals surface area (Å²) in [7, 11) is 0. The molecule has 0 aliphatic rings. The van der Waals surface area contributed by atoms with Gasteiger partial charge in [0.25, 0.3) is 5.56 Å². The summed E-state index contributed by atoms with van der Waals surface area (Å²) in [5.41, 5.74) is 2.88. The summed E-state index contributed by atoms with van der Waals surface area (Å²) in [6.07, 6.45) is 4.60. The van der Waals surface area contributed by atoms with Crippen LogP contribution in [0.25, 0.3) is 17.0 Å². The van der Waals surface area contributed by atoms with Gasteiger partial charge in [-0.1, -0.05) is 47.5 Å². The first kappa shape index (κ1) is 16.1. The second-order valence-electron chi connectivity index (χ2n) is 5.62. The highest BCUT2D eigenvalue weighted by atomic mass is 35.5. The summed E-state index contributed by atoms with van der Waals surface area (Å²) < 4.78 is 0. The molecule has 24 heavy (non-hydrogen) atoms. The topological polar surface area (TPSA) is 62.8 Å². The van der Waals surface area contributed by atoms with Crippen LogP contribution in [0.3, 0.4) is 0 Å². The highest BCUT2D eigenvalue weighted by Gasteiger charge is 2.15. The van der Waals surface area contributed by atoms with Crippen molar-refractivity contribution in [3.05, 3.63) is 80.4 Å². The van der Waals surface area contributed by atoms with Gasteiger partial charge in [-0.15, -0.1) is 0 Å². The van der Waals surface area contributed by atoms with Gasteiger partial charge in [0.2, 0.25) is 0 Å². The smallest absolute Gasteiger partial charge is 0.259 e. The molecule has 0 saturated heterocycles. The summed E-state index contributed by atoms with van der Waals surface area (Å²) in [4.78, 5) is 31.4. The Morgan fingerprint density at radius 3 is 2.62 bits per heavy atom. The lowest BCUT2D eigenvalue weighted by Gasteiger charge is -2.06. The van der Waals surface area contributed by atoms with E-state index in [-0.39, 0.29) is 11.3 Å². The SMILES string of the molecule is Cc1ccc(C=CC(=O)c2c(C)c3cc(Cl)ncc3[nH]c2=O)cc1. The van der Waals surface area contributed by atoms with Crippen molar-refractivity contribution in [3.63, 3.8) is 0 Å². The maximum absolute atomic E-state index is 12.5. The molecule has 0 atom stereocenters. The Bertz CT molecular complexity index is 1020. The second kappa shape index (κ2) is 6.42. The van der Waals surface area contributed by atoms with Gasteiger partial charge in [-0.05, 0) is 37.1 Å². The number of benzene rings is 1. The lowest BCUT2D eigenvalue weighted by atomic mass is 10.0. The molecule has 4 nitrogen and oxygen atoms in total. The number of allylic oxidation sites excluding steroid dienone is 1. The third-order valence-electron chi connectivity index (χ3n) is 3.88. The third kappa shape index (κ3) is 3.14.